The number of hydrogen-bond donors (Lipinski definition) is 3. The second-order valence-corrected chi connectivity index (χ2v) is 5.26. The second kappa shape index (κ2) is 7.19. The summed E-state index contributed by atoms with van der Waals surface area (Å²) in [6.07, 6.45) is 2.23. The van der Waals surface area contributed by atoms with Crippen LogP contribution in [-0.4, -0.2) is 27.0 Å². The molecule has 1 heterocycles. The zero-order valence-electron chi connectivity index (χ0n) is 12.8. The summed E-state index contributed by atoms with van der Waals surface area (Å²) in [4.78, 5) is 11.8. The highest BCUT2D eigenvalue weighted by atomic mass is 19.2. The summed E-state index contributed by atoms with van der Waals surface area (Å²) >= 11 is 0. The van der Waals surface area contributed by atoms with E-state index < -0.39 is 29.8 Å². The molecule has 0 saturated carbocycles. The van der Waals surface area contributed by atoms with Gasteiger partial charge in [-0.3, -0.25) is 4.68 Å². The van der Waals surface area contributed by atoms with Crippen molar-refractivity contribution in [3.05, 3.63) is 53.4 Å². The molecule has 23 heavy (non-hydrogen) atoms. The lowest BCUT2D eigenvalue weighted by molar-refractivity contribution is 0.137. The van der Waals surface area contributed by atoms with Crippen LogP contribution in [0.3, 0.4) is 0 Å². The molecule has 2 atom stereocenters. The second-order valence-electron chi connectivity index (χ2n) is 5.26. The number of aromatic nitrogens is 2. The average Bonchev–Trinajstić information content (AvgIpc) is 2.93. The van der Waals surface area contributed by atoms with Crippen molar-refractivity contribution in [2.24, 2.45) is 7.05 Å². The Kier molecular flexibility index (Phi) is 5.28. The Morgan fingerprint density at radius 3 is 2.74 bits per heavy atom. The number of nitrogens with zero attached hydrogens (tertiary/aromatic N) is 2. The molecule has 6 nitrogen and oxygen atoms in total. The lowest BCUT2D eigenvalue weighted by Gasteiger charge is -2.21. The Labute approximate surface area is 132 Å². The normalized spacial score (nSPS) is 13.4. The number of benzene rings is 1. The minimum atomic E-state index is -1.16. The number of amides is 2. The molecule has 1 aromatic carbocycles. The van der Waals surface area contributed by atoms with Crippen molar-refractivity contribution in [1.29, 1.82) is 0 Å². The highest BCUT2D eigenvalue weighted by Crippen LogP contribution is 2.19. The number of hydrogen-bond acceptors (Lipinski definition) is 3. The summed E-state index contributed by atoms with van der Waals surface area (Å²) < 4.78 is 27.7. The molecule has 8 heteroatoms. The van der Waals surface area contributed by atoms with Crippen molar-refractivity contribution < 1.29 is 18.7 Å². The first-order valence-electron chi connectivity index (χ1n) is 7.01. The van der Waals surface area contributed by atoms with Gasteiger partial charge in [-0.2, -0.15) is 5.10 Å². The number of aliphatic hydroxyl groups is 1. The number of aliphatic hydroxyl groups excluding tert-OH is 1. The van der Waals surface area contributed by atoms with Crippen molar-refractivity contribution in [1.82, 2.24) is 20.4 Å². The fraction of sp³-hybridized carbons (Fsp3) is 0.333. The van der Waals surface area contributed by atoms with Gasteiger partial charge in [-0.1, -0.05) is 6.07 Å². The first-order valence-corrected chi connectivity index (χ1v) is 7.01. The Balaban J connectivity index is 1.88. The van der Waals surface area contributed by atoms with Gasteiger partial charge < -0.3 is 15.7 Å². The molecule has 124 valence electrons. The number of carbonyl (C=O) groups is 1. The maximum Gasteiger partial charge on any atom is 0.315 e. The quantitative estimate of drug-likeness (QED) is 0.782. The Morgan fingerprint density at radius 2 is 2.13 bits per heavy atom. The van der Waals surface area contributed by atoms with Gasteiger partial charge in [0.2, 0.25) is 0 Å². The van der Waals surface area contributed by atoms with E-state index in [1.807, 2.05) is 0 Å². The molecule has 0 aliphatic rings. The molecule has 0 aliphatic heterocycles. The molecular weight excluding hydrogens is 306 g/mol. The minimum absolute atomic E-state index is 0.184. The van der Waals surface area contributed by atoms with Crippen LogP contribution >= 0.6 is 0 Å². The summed E-state index contributed by atoms with van der Waals surface area (Å²) in [7, 11) is 1.77. The van der Waals surface area contributed by atoms with Crippen LogP contribution in [0.4, 0.5) is 13.6 Å². The van der Waals surface area contributed by atoms with E-state index in [1.165, 1.54) is 6.07 Å². The van der Waals surface area contributed by atoms with Crippen molar-refractivity contribution in [2.75, 3.05) is 0 Å². The molecule has 0 fully saturated rings. The third-order valence-corrected chi connectivity index (χ3v) is 3.33. The maximum absolute atomic E-state index is 13.2. The SMILES string of the molecule is CC(NC(=O)NCc1cnn(C)c1)C(O)c1ccc(F)c(F)c1. The lowest BCUT2D eigenvalue weighted by atomic mass is 10.0. The van der Waals surface area contributed by atoms with E-state index in [-0.39, 0.29) is 12.1 Å². The van der Waals surface area contributed by atoms with E-state index in [9.17, 15) is 18.7 Å². The van der Waals surface area contributed by atoms with E-state index >= 15 is 0 Å². The predicted molar refractivity (Wildman–Crippen MR) is 79.4 cm³/mol. The van der Waals surface area contributed by atoms with E-state index in [2.05, 4.69) is 15.7 Å². The topological polar surface area (TPSA) is 79.2 Å². The van der Waals surface area contributed by atoms with Crippen LogP contribution in [0.15, 0.2) is 30.6 Å². The molecular formula is C15H18F2N4O2. The summed E-state index contributed by atoms with van der Waals surface area (Å²) in [5, 5.41) is 19.2. The Morgan fingerprint density at radius 1 is 1.39 bits per heavy atom. The first-order chi connectivity index (χ1) is 10.9. The van der Waals surface area contributed by atoms with Crippen molar-refractivity contribution in [3.63, 3.8) is 0 Å². The zero-order chi connectivity index (χ0) is 17.0. The number of aryl methyl sites for hydroxylation is 1. The van der Waals surface area contributed by atoms with Gasteiger partial charge in [0, 0.05) is 25.4 Å². The fourth-order valence-electron chi connectivity index (χ4n) is 2.07. The van der Waals surface area contributed by atoms with Crippen LogP contribution in [0.1, 0.15) is 24.2 Å². The van der Waals surface area contributed by atoms with Crippen molar-refractivity contribution in [3.8, 4) is 0 Å². The van der Waals surface area contributed by atoms with Crippen LogP contribution in [0, 0.1) is 11.6 Å². The van der Waals surface area contributed by atoms with Crippen LogP contribution in [0.5, 0.6) is 0 Å². The molecule has 2 aromatic rings. The molecule has 0 bridgehead atoms. The Hall–Kier alpha value is -2.48. The van der Waals surface area contributed by atoms with Crippen LogP contribution in [0.25, 0.3) is 0 Å². The van der Waals surface area contributed by atoms with Crippen molar-refractivity contribution >= 4 is 6.03 Å². The van der Waals surface area contributed by atoms with Crippen LogP contribution in [0.2, 0.25) is 0 Å². The first kappa shape index (κ1) is 16.9. The van der Waals surface area contributed by atoms with Gasteiger partial charge in [0.25, 0.3) is 0 Å². The van der Waals surface area contributed by atoms with Gasteiger partial charge in [0.15, 0.2) is 11.6 Å². The van der Waals surface area contributed by atoms with Gasteiger partial charge in [-0.05, 0) is 24.6 Å². The van der Waals surface area contributed by atoms with E-state index in [0.717, 1.165) is 17.7 Å². The standard InChI is InChI=1S/C15H18F2N4O2/c1-9(14(22)11-3-4-12(16)13(17)5-11)20-15(23)18-6-10-7-19-21(2)8-10/h3-5,7-9,14,22H,6H2,1-2H3,(H2,18,20,23). The molecule has 2 unspecified atom stereocenters. The van der Waals surface area contributed by atoms with Crippen LogP contribution in [-0.2, 0) is 13.6 Å². The predicted octanol–water partition coefficient (Wildman–Crippen LogP) is 1.62. The molecule has 0 aliphatic carbocycles. The van der Waals surface area contributed by atoms with Gasteiger partial charge in [0.1, 0.15) is 0 Å². The largest absolute Gasteiger partial charge is 0.386 e. The highest BCUT2D eigenvalue weighted by molar-refractivity contribution is 5.74. The smallest absolute Gasteiger partial charge is 0.315 e. The fourth-order valence-corrected chi connectivity index (χ4v) is 2.07. The minimum Gasteiger partial charge on any atom is -0.386 e. The summed E-state index contributed by atoms with van der Waals surface area (Å²) in [6.45, 7) is 1.85. The lowest BCUT2D eigenvalue weighted by Crippen LogP contribution is -2.43. The third-order valence-electron chi connectivity index (χ3n) is 3.33. The number of nitrogens with one attached hydrogen (secondary N) is 2. The Bertz CT molecular complexity index is 690. The highest BCUT2D eigenvalue weighted by Gasteiger charge is 2.19. The molecule has 3 N–H and O–H groups in total. The molecule has 1 aromatic heterocycles. The maximum atomic E-state index is 13.2. The third kappa shape index (κ3) is 4.49. The summed E-state index contributed by atoms with van der Waals surface area (Å²) in [6, 6.07) is 1.95. The van der Waals surface area contributed by atoms with Crippen molar-refractivity contribution in [2.45, 2.75) is 25.6 Å². The zero-order valence-corrected chi connectivity index (χ0v) is 12.8. The average molecular weight is 324 g/mol. The number of rotatable bonds is 5. The molecule has 0 spiro atoms. The molecule has 2 rings (SSSR count). The van der Waals surface area contributed by atoms with Gasteiger partial charge in [-0.15, -0.1) is 0 Å². The number of halogens is 2. The number of urea groups is 1. The van der Waals surface area contributed by atoms with E-state index in [4.69, 9.17) is 0 Å². The van der Waals surface area contributed by atoms with E-state index in [0.29, 0.717) is 0 Å². The summed E-state index contributed by atoms with van der Waals surface area (Å²) in [5.41, 5.74) is 1.01. The van der Waals surface area contributed by atoms with Gasteiger partial charge >= 0.3 is 6.03 Å². The summed E-state index contributed by atoms with van der Waals surface area (Å²) in [5.74, 6) is -2.04. The van der Waals surface area contributed by atoms with E-state index in [1.54, 1.807) is 31.0 Å². The van der Waals surface area contributed by atoms with Crippen LogP contribution < -0.4 is 10.6 Å². The molecule has 0 radical (unpaired) electrons. The molecule has 0 saturated heterocycles. The monoisotopic (exact) mass is 324 g/mol. The van der Waals surface area contributed by atoms with Gasteiger partial charge in [-0.25, -0.2) is 13.6 Å². The molecule has 2 amide bonds. The van der Waals surface area contributed by atoms with Gasteiger partial charge in [0.05, 0.1) is 18.3 Å². The number of carbonyl (C=O) groups excluding carboxylic acids is 1.